The molecule has 0 spiro atoms. The lowest BCUT2D eigenvalue weighted by molar-refractivity contribution is -0.136. The van der Waals surface area contributed by atoms with E-state index >= 15 is 0 Å². The molecular formula is C19H30N2O2. The number of benzene rings is 1. The van der Waals surface area contributed by atoms with Gasteiger partial charge in [-0.15, -0.1) is 0 Å². The van der Waals surface area contributed by atoms with Crippen LogP contribution in [0.4, 0.5) is 0 Å². The van der Waals surface area contributed by atoms with Crippen LogP contribution in [0.15, 0.2) is 30.3 Å². The molecule has 0 unspecified atom stereocenters. The highest BCUT2D eigenvalue weighted by Crippen LogP contribution is 2.26. The molecule has 0 aliphatic carbocycles. The zero-order valence-corrected chi connectivity index (χ0v) is 14.7. The van der Waals surface area contributed by atoms with E-state index in [0.717, 1.165) is 51.4 Å². The number of amides is 1. The summed E-state index contributed by atoms with van der Waals surface area (Å²) in [6.45, 7) is 11.2. The van der Waals surface area contributed by atoms with Crippen LogP contribution in [-0.2, 0) is 9.53 Å². The Morgan fingerprint density at radius 1 is 1.26 bits per heavy atom. The number of carbonyl (C=O) groups excluding carboxylic acids is 1. The molecule has 0 saturated carbocycles. The monoisotopic (exact) mass is 318 g/mol. The van der Waals surface area contributed by atoms with Gasteiger partial charge in [0.25, 0.3) is 0 Å². The molecule has 1 fully saturated rings. The highest BCUT2D eigenvalue weighted by atomic mass is 16.5. The second kappa shape index (κ2) is 9.04. The van der Waals surface area contributed by atoms with Crippen LogP contribution in [0.5, 0.6) is 0 Å². The highest BCUT2D eigenvalue weighted by molar-refractivity contribution is 5.83. The molecule has 1 aliphatic rings. The van der Waals surface area contributed by atoms with Gasteiger partial charge in [0.2, 0.25) is 5.91 Å². The van der Waals surface area contributed by atoms with Gasteiger partial charge < -0.3 is 9.64 Å². The second-order valence-electron chi connectivity index (χ2n) is 6.13. The number of hydrogen-bond donors (Lipinski definition) is 0. The first-order chi connectivity index (χ1) is 11.2. The van der Waals surface area contributed by atoms with Gasteiger partial charge in [-0.3, -0.25) is 9.69 Å². The quantitative estimate of drug-likeness (QED) is 0.739. The summed E-state index contributed by atoms with van der Waals surface area (Å²) in [7, 11) is 0. The third-order valence-corrected chi connectivity index (χ3v) is 4.68. The van der Waals surface area contributed by atoms with E-state index in [2.05, 4.69) is 30.9 Å². The Balaban J connectivity index is 2.11. The van der Waals surface area contributed by atoms with Gasteiger partial charge in [-0.2, -0.15) is 0 Å². The first kappa shape index (κ1) is 18.0. The number of carbonyl (C=O) groups is 1. The number of ether oxygens (including phenoxy) is 1. The van der Waals surface area contributed by atoms with Crippen LogP contribution >= 0.6 is 0 Å². The van der Waals surface area contributed by atoms with Crippen LogP contribution in [-0.4, -0.2) is 55.1 Å². The zero-order valence-electron chi connectivity index (χ0n) is 14.7. The van der Waals surface area contributed by atoms with E-state index in [1.807, 2.05) is 30.0 Å². The Bertz CT molecular complexity index is 474. The molecule has 0 bridgehead atoms. The van der Waals surface area contributed by atoms with E-state index in [4.69, 9.17) is 4.74 Å². The fourth-order valence-electron chi connectivity index (χ4n) is 3.36. The maximum Gasteiger partial charge on any atom is 0.244 e. The number of nitrogens with zero attached hydrogens (tertiary/aromatic N) is 2. The summed E-state index contributed by atoms with van der Waals surface area (Å²) in [5.41, 5.74) is 1.09. The molecule has 1 aromatic carbocycles. The van der Waals surface area contributed by atoms with Crippen LogP contribution in [0.3, 0.4) is 0 Å². The Morgan fingerprint density at radius 2 is 1.96 bits per heavy atom. The summed E-state index contributed by atoms with van der Waals surface area (Å²) in [6.07, 6.45) is 1.05. The van der Waals surface area contributed by atoms with Crippen molar-refractivity contribution < 1.29 is 9.53 Å². The topological polar surface area (TPSA) is 32.8 Å². The summed E-state index contributed by atoms with van der Waals surface area (Å²) in [5.74, 6) is 0.714. The van der Waals surface area contributed by atoms with Gasteiger partial charge in [-0.05, 0) is 32.0 Å². The molecule has 128 valence electrons. The van der Waals surface area contributed by atoms with Gasteiger partial charge in [0.05, 0.1) is 6.61 Å². The van der Waals surface area contributed by atoms with E-state index in [1.54, 1.807) is 0 Å². The van der Waals surface area contributed by atoms with Gasteiger partial charge in [0.1, 0.15) is 6.04 Å². The molecule has 2 atom stereocenters. The molecule has 1 aromatic rings. The van der Waals surface area contributed by atoms with Crippen LogP contribution in [0.1, 0.15) is 38.8 Å². The number of hydrogen-bond acceptors (Lipinski definition) is 3. The molecule has 23 heavy (non-hydrogen) atoms. The van der Waals surface area contributed by atoms with Gasteiger partial charge in [-0.25, -0.2) is 0 Å². The normalized spacial score (nSPS) is 19.3. The zero-order chi connectivity index (χ0) is 16.7. The fraction of sp³-hybridized carbons (Fsp3) is 0.632. The Morgan fingerprint density at radius 3 is 2.57 bits per heavy atom. The van der Waals surface area contributed by atoms with Gasteiger partial charge in [0.15, 0.2) is 0 Å². The SMILES string of the molecule is CCOC[C@H]1CCN(C(=O)[C@H](c2ccccc2)N(CC)CC)C1. The third kappa shape index (κ3) is 4.55. The molecule has 0 aromatic heterocycles. The molecule has 4 nitrogen and oxygen atoms in total. The second-order valence-corrected chi connectivity index (χ2v) is 6.13. The average Bonchev–Trinajstić information content (AvgIpc) is 3.07. The maximum atomic E-state index is 13.2. The van der Waals surface area contributed by atoms with E-state index in [1.165, 1.54) is 0 Å². The number of likely N-dealkylation sites (N-methyl/N-ethyl adjacent to an activating group) is 1. The summed E-state index contributed by atoms with van der Waals surface area (Å²) in [6, 6.07) is 9.99. The van der Waals surface area contributed by atoms with E-state index in [-0.39, 0.29) is 11.9 Å². The molecule has 0 N–H and O–H groups in total. The molecule has 1 amide bonds. The van der Waals surface area contributed by atoms with Crippen molar-refractivity contribution in [1.29, 1.82) is 0 Å². The number of likely N-dealkylation sites (tertiary alicyclic amines) is 1. The Kier molecular flexibility index (Phi) is 7.06. The summed E-state index contributed by atoms with van der Waals surface area (Å²) in [4.78, 5) is 17.4. The van der Waals surface area contributed by atoms with Gasteiger partial charge in [-0.1, -0.05) is 44.2 Å². The summed E-state index contributed by atoms with van der Waals surface area (Å²) >= 11 is 0. The van der Waals surface area contributed by atoms with Gasteiger partial charge in [0, 0.05) is 25.6 Å². The molecule has 1 heterocycles. The standard InChI is InChI=1S/C19H30N2O2/c1-4-20(5-2)18(17-10-8-7-9-11-17)19(22)21-13-12-16(14-21)15-23-6-3/h7-11,16,18H,4-6,12-15H2,1-3H3/t16-,18-/m0/s1. The number of rotatable bonds is 8. The van der Waals surface area contributed by atoms with Crippen molar-refractivity contribution in [3.63, 3.8) is 0 Å². The third-order valence-electron chi connectivity index (χ3n) is 4.68. The minimum atomic E-state index is -0.169. The lowest BCUT2D eigenvalue weighted by Gasteiger charge is -2.32. The van der Waals surface area contributed by atoms with Crippen molar-refractivity contribution in [3.8, 4) is 0 Å². The van der Waals surface area contributed by atoms with Crippen LogP contribution in [0.2, 0.25) is 0 Å². The van der Waals surface area contributed by atoms with E-state index in [9.17, 15) is 4.79 Å². The van der Waals surface area contributed by atoms with Crippen molar-refractivity contribution in [3.05, 3.63) is 35.9 Å². The van der Waals surface area contributed by atoms with Crippen LogP contribution in [0, 0.1) is 5.92 Å². The smallest absolute Gasteiger partial charge is 0.244 e. The molecule has 2 rings (SSSR count). The first-order valence-corrected chi connectivity index (χ1v) is 8.86. The van der Waals surface area contributed by atoms with Crippen molar-refractivity contribution in [2.75, 3.05) is 39.4 Å². The largest absolute Gasteiger partial charge is 0.381 e. The summed E-state index contributed by atoms with van der Waals surface area (Å²) < 4.78 is 5.53. The van der Waals surface area contributed by atoms with Crippen molar-refractivity contribution in [2.24, 2.45) is 5.92 Å². The predicted octanol–water partition coefficient (Wildman–Crippen LogP) is 2.95. The van der Waals surface area contributed by atoms with Crippen LogP contribution in [0.25, 0.3) is 0 Å². The Labute approximate surface area is 140 Å². The van der Waals surface area contributed by atoms with Crippen molar-refractivity contribution in [1.82, 2.24) is 9.80 Å². The van der Waals surface area contributed by atoms with E-state index in [0.29, 0.717) is 5.92 Å². The lowest BCUT2D eigenvalue weighted by Crippen LogP contribution is -2.42. The molecule has 0 radical (unpaired) electrons. The molecule has 4 heteroatoms. The molecule has 1 aliphatic heterocycles. The summed E-state index contributed by atoms with van der Waals surface area (Å²) in [5, 5.41) is 0. The maximum absolute atomic E-state index is 13.2. The predicted molar refractivity (Wildman–Crippen MR) is 93.3 cm³/mol. The highest BCUT2D eigenvalue weighted by Gasteiger charge is 2.34. The van der Waals surface area contributed by atoms with Crippen molar-refractivity contribution >= 4 is 5.91 Å². The van der Waals surface area contributed by atoms with Crippen molar-refractivity contribution in [2.45, 2.75) is 33.2 Å². The lowest BCUT2D eigenvalue weighted by atomic mass is 10.0. The first-order valence-electron chi connectivity index (χ1n) is 8.86. The Hall–Kier alpha value is -1.39. The molecule has 1 saturated heterocycles. The molecular weight excluding hydrogens is 288 g/mol. The van der Waals surface area contributed by atoms with E-state index < -0.39 is 0 Å². The minimum Gasteiger partial charge on any atom is -0.381 e. The average molecular weight is 318 g/mol. The minimum absolute atomic E-state index is 0.169. The fourth-order valence-corrected chi connectivity index (χ4v) is 3.36. The van der Waals surface area contributed by atoms with Gasteiger partial charge >= 0.3 is 0 Å². The van der Waals surface area contributed by atoms with Crippen LogP contribution < -0.4 is 0 Å².